The highest BCUT2D eigenvalue weighted by atomic mass is 32.2. The van der Waals surface area contributed by atoms with Crippen LogP contribution < -0.4 is 4.90 Å². The molecule has 0 bridgehead atoms. The third-order valence-electron chi connectivity index (χ3n) is 2.76. The van der Waals surface area contributed by atoms with Crippen molar-refractivity contribution in [2.24, 2.45) is 0 Å². The van der Waals surface area contributed by atoms with Gasteiger partial charge in [0.15, 0.2) is 9.84 Å². The van der Waals surface area contributed by atoms with Crippen LogP contribution in [0.5, 0.6) is 0 Å². The molecule has 0 aromatic carbocycles. The van der Waals surface area contributed by atoms with Crippen molar-refractivity contribution in [3.63, 3.8) is 0 Å². The van der Waals surface area contributed by atoms with Crippen molar-refractivity contribution < 1.29 is 12.8 Å². The van der Waals surface area contributed by atoms with Crippen LogP contribution >= 0.6 is 0 Å². The van der Waals surface area contributed by atoms with Crippen molar-refractivity contribution in [3.05, 3.63) is 24.1 Å². The molecule has 0 aliphatic carbocycles. The minimum absolute atomic E-state index is 0.104. The number of pyridine rings is 1. The maximum absolute atomic E-state index is 12.9. The van der Waals surface area contributed by atoms with Gasteiger partial charge in [0, 0.05) is 13.1 Å². The average molecular weight is 244 g/mol. The molecule has 16 heavy (non-hydrogen) atoms. The van der Waals surface area contributed by atoms with Crippen molar-refractivity contribution in [3.8, 4) is 0 Å². The fraction of sp³-hybridized carbons (Fsp3) is 0.500. The van der Waals surface area contributed by atoms with Gasteiger partial charge in [-0.05, 0) is 19.1 Å². The van der Waals surface area contributed by atoms with Crippen LogP contribution in [0.1, 0.15) is 6.92 Å². The van der Waals surface area contributed by atoms with E-state index >= 15 is 0 Å². The first kappa shape index (κ1) is 11.3. The van der Waals surface area contributed by atoms with Crippen molar-refractivity contribution in [1.29, 1.82) is 0 Å². The normalized spacial score (nSPS) is 24.4. The van der Waals surface area contributed by atoms with Crippen LogP contribution in [-0.2, 0) is 9.84 Å². The SMILES string of the molecule is CC1CN(c2cccc(F)n2)CCS1(=O)=O. The number of hydrogen-bond donors (Lipinski definition) is 0. The third-order valence-corrected chi connectivity index (χ3v) is 4.89. The molecule has 1 unspecified atom stereocenters. The zero-order chi connectivity index (χ0) is 11.8. The van der Waals surface area contributed by atoms with Gasteiger partial charge >= 0.3 is 0 Å². The Kier molecular flexibility index (Phi) is 2.84. The Balaban J connectivity index is 2.20. The van der Waals surface area contributed by atoms with Crippen molar-refractivity contribution in [1.82, 2.24) is 4.98 Å². The van der Waals surface area contributed by atoms with Gasteiger partial charge in [0.2, 0.25) is 5.95 Å². The standard InChI is InChI=1S/C10H13FN2O2S/c1-8-7-13(5-6-16(8,14)15)10-4-2-3-9(11)12-10/h2-4,8H,5-7H2,1H3. The third kappa shape index (κ3) is 2.16. The van der Waals surface area contributed by atoms with E-state index in [1.54, 1.807) is 24.0 Å². The second kappa shape index (κ2) is 4.01. The lowest BCUT2D eigenvalue weighted by molar-refractivity contribution is 0.562. The molecule has 0 radical (unpaired) electrons. The Morgan fingerprint density at radius 3 is 2.88 bits per heavy atom. The first-order valence-electron chi connectivity index (χ1n) is 5.08. The molecule has 1 fully saturated rings. The van der Waals surface area contributed by atoms with Gasteiger partial charge in [-0.25, -0.2) is 13.4 Å². The van der Waals surface area contributed by atoms with Crippen molar-refractivity contribution in [2.75, 3.05) is 23.7 Å². The molecule has 0 amide bonds. The van der Waals surface area contributed by atoms with Gasteiger partial charge in [-0.2, -0.15) is 4.39 Å². The van der Waals surface area contributed by atoms with Gasteiger partial charge < -0.3 is 4.90 Å². The maximum atomic E-state index is 12.9. The van der Waals surface area contributed by atoms with Crippen LogP contribution in [-0.4, -0.2) is 37.5 Å². The molecule has 2 heterocycles. The summed E-state index contributed by atoms with van der Waals surface area (Å²) in [5.74, 6) is 0.0622. The van der Waals surface area contributed by atoms with E-state index in [9.17, 15) is 12.8 Å². The lowest BCUT2D eigenvalue weighted by Gasteiger charge is -2.31. The number of rotatable bonds is 1. The molecule has 1 aromatic rings. The molecular weight excluding hydrogens is 231 g/mol. The molecule has 0 spiro atoms. The van der Waals surface area contributed by atoms with Crippen LogP contribution in [0.3, 0.4) is 0 Å². The Morgan fingerprint density at radius 2 is 2.25 bits per heavy atom. The molecule has 0 N–H and O–H groups in total. The number of anilines is 1. The fourth-order valence-corrected chi connectivity index (χ4v) is 3.02. The highest BCUT2D eigenvalue weighted by Crippen LogP contribution is 2.18. The molecule has 2 rings (SSSR count). The molecule has 6 heteroatoms. The fourth-order valence-electron chi connectivity index (χ4n) is 1.74. The van der Waals surface area contributed by atoms with Gasteiger partial charge in [-0.1, -0.05) is 6.07 Å². The zero-order valence-electron chi connectivity index (χ0n) is 8.93. The largest absolute Gasteiger partial charge is 0.354 e. The molecule has 1 aliphatic rings. The molecule has 1 atom stereocenters. The lowest BCUT2D eigenvalue weighted by Crippen LogP contribution is -2.45. The number of halogens is 1. The number of hydrogen-bond acceptors (Lipinski definition) is 4. The summed E-state index contributed by atoms with van der Waals surface area (Å²) in [5, 5.41) is -0.425. The topological polar surface area (TPSA) is 50.3 Å². The molecule has 88 valence electrons. The second-order valence-electron chi connectivity index (χ2n) is 3.94. The number of nitrogens with zero attached hydrogens (tertiary/aromatic N) is 2. The van der Waals surface area contributed by atoms with E-state index in [1.165, 1.54) is 6.07 Å². The van der Waals surface area contributed by atoms with Crippen LogP contribution in [0.25, 0.3) is 0 Å². The molecule has 1 saturated heterocycles. The van der Waals surface area contributed by atoms with Crippen molar-refractivity contribution >= 4 is 15.7 Å². The van der Waals surface area contributed by atoms with Crippen LogP contribution in [0.2, 0.25) is 0 Å². The average Bonchev–Trinajstić information content (AvgIpc) is 2.22. The summed E-state index contributed by atoms with van der Waals surface area (Å²) in [7, 11) is -2.98. The molecule has 4 nitrogen and oxygen atoms in total. The number of aromatic nitrogens is 1. The monoisotopic (exact) mass is 244 g/mol. The van der Waals surface area contributed by atoms with Gasteiger partial charge in [0.05, 0.1) is 11.0 Å². The van der Waals surface area contributed by atoms with E-state index in [0.29, 0.717) is 18.9 Å². The maximum Gasteiger partial charge on any atom is 0.214 e. The van der Waals surface area contributed by atoms with Gasteiger partial charge in [-0.15, -0.1) is 0 Å². The van der Waals surface area contributed by atoms with Crippen molar-refractivity contribution in [2.45, 2.75) is 12.2 Å². The second-order valence-corrected chi connectivity index (χ2v) is 6.48. The lowest BCUT2D eigenvalue weighted by atomic mass is 10.3. The zero-order valence-corrected chi connectivity index (χ0v) is 9.74. The van der Waals surface area contributed by atoms with Crippen LogP contribution in [0.15, 0.2) is 18.2 Å². The predicted octanol–water partition coefficient (Wildman–Crippen LogP) is 0.844. The molecule has 1 aliphatic heterocycles. The van der Waals surface area contributed by atoms with Gasteiger partial charge in [-0.3, -0.25) is 0 Å². The van der Waals surface area contributed by atoms with Crippen LogP contribution in [0, 0.1) is 5.95 Å². The Bertz CT molecular complexity index is 489. The summed E-state index contributed by atoms with van der Waals surface area (Å²) in [4.78, 5) is 5.54. The van der Waals surface area contributed by atoms with E-state index in [4.69, 9.17) is 0 Å². The van der Waals surface area contributed by atoms with E-state index in [2.05, 4.69) is 4.98 Å². The van der Waals surface area contributed by atoms with Crippen LogP contribution in [0.4, 0.5) is 10.2 Å². The number of sulfone groups is 1. The van der Waals surface area contributed by atoms with Gasteiger partial charge in [0.25, 0.3) is 0 Å². The molecule has 1 aromatic heterocycles. The Morgan fingerprint density at radius 1 is 1.50 bits per heavy atom. The van der Waals surface area contributed by atoms with E-state index in [-0.39, 0.29) is 5.75 Å². The minimum Gasteiger partial charge on any atom is -0.354 e. The smallest absolute Gasteiger partial charge is 0.214 e. The molecular formula is C10H13FN2O2S. The first-order chi connectivity index (χ1) is 7.49. The quantitative estimate of drug-likeness (QED) is 0.687. The summed E-state index contributed by atoms with van der Waals surface area (Å²) in [6.45, 7) is 2.42. The Labute approximate surface area is 94.0 Å². The Hall–Kier alpha value is -1.17. The molecule has 0 saturated carbocycles. The predicted molar refractivity (Wildman–Crippen MR) is 59.7 cm³/mol. The minimum atomic E-state index is -2.98. The first-order valence-corrected chi connectivity index (χ1v) is 6.80. The van der Waals surface area contributed by atoms with E-state index in [1.807, 2.05) is 0 Å². The summed E-state index contributed by atoms with van der Waals surface area (Å²) >= 11 is 0. The summed E-state index contributed by atoms with van der Waals surface area (Å²) in [5.41, 5.74) is 0. The van der Waals surface area contributed by atoms with Gasteiger partial charge in [0.1, 0.15) is 5.82 Å². The summed E-state index contributed by atoms with van der Waals surface area (Å²) in [6.07, 6.45) is 0. The van der Waals surface area contributed by atoms with E-state index < -0.39 is 21.0 Å². The summed E-state index contributed by atoms with van der Waals surface area (Å²) < 4.78 is 35.9. The highest BCUT2D eigenvalue weighted by molar-refractivity contribution is 7.92. The van der Waals surface area contributed by atoms with E-state index in [0.717, 1.165) is 0 Å². The summed E-state index contributed by atoms with van der Waals surface area (Å²) in [6, 6.07) is 4.53. The highest BCUT2D eigenvalue weighted by Gasteiger charge is 2.29.